The van der Waals surface area contributed by atoms with Gasteiger partial charge in [-0.05, 0) is 25.8 Å². The molecule has 1 atom stereocenters. The lowest BCUT2D eigenvalue weighted by Crippen LogP contribution is -2.33. The second kappa shape index (κ2) is 8.43. The smallest absolute Gasteiger partial charge is 0.147 e. The number of rotatable bonds is 8. The van der Waals surface area contributed by atoms with Crippen molar-refractivity contribution in [2.75, 3.05) is 24.3 Å². The quantitative estimate of drug-likeness (QED) is 0.747. The molecule has 0 amide bonds. The molecule has 1 N–H and O–H groups in total. The summed E-state index contributed by atoms with van der Waals surface area (Å²) in [7, 11) is -2.83. The molecule has 0 saturated heterocycles. The first-order valence-corrected chi connectivity index (χ1v) is 10.1. The van der Waals surface area contributed by atoms with Crippen LogP contribution in [-0.4, -0.2) is 44.0 Å². The fourth-order valence-corrected chi connectivity index (χ4v) is 4.54. The van der Waals surface area contributed by atoms with Gasteiger partial charge < -0.3 is 5.32 Å². The highest BCUT2D eigenvalue weighted by Gasteiger charge is 2.17. The van der Waals surface area contributed by atoms with Gasteiger partial charge in [0, 0.05) is 23.3 Å². The first-order valence-electron chi connectivity index (χ1n) is 7.04. The highest BCUT2D eigenvalue weighted by molar-refractivity contribution is 7.99. The van der Waals surface area contributed by atoms with Gasteiger partial charge in [-0.3, -0.25) is 0 Å². The summed E-state index contributed by atoms with van der Waals surface area (Å²) in [4.78, 5) is 0. The van der Waals surface area contributed by atoms with Crippen molar-refractivity contribution in [2.45, 2.75) is 56.7 Å². The van der Waals surface area contributed by atoms with Gasteiger partial charge in [-0.25, -0.2) is 8.42 Å². The van der Waals surface area contributed by atoms with Gasteiger partial charge in [0.2, 0.25) is 0 Å². The van der Waals surface area contributed by atoms with E-state index in [-0.39, 0.29) is 0 Å². The lowest BCUT2D eigenvalue weighted by molar-refractivity contribution is 0.511. The molecule has 0 aliphatic heterocycles. The van der Waals surface area contributed by atoms with Gasteiger partial charge in [0.05, 0.1) is 5.75 Å². The summed E-state index contributed by atoms with van der Waals surface area (Å²) in [5, 5.41) is 4.21. The molecule has 0 aromatic carbocycles. The zero-order valence-electron chi connectivity index (χ0n) is 11.7. The molecule has 0 bridgehead atoms. The van der Waals surface area contributed by atoms with Gasteiger partial charge in [-0.1, -0.05) is 26.2 Å². The molecule has 1 saturated carbocycles. The van der Waals surface area contributed by atoms with Crippen molar-refractivity contribution in [3.63, 3.8) is 0 Å². The lowest BCUT2D eigenvalue weighted by atomic mass is 10.0. The highest BCUT2D eigenvalue weighted by Crippen LogP contribution is 2.28. The summed E-state index contributed by atoms with van der Waals surface area (Å²) < 4.78 is 22.4. The van der Waals surface area contributed by atoms with Crippen molar-refractivity contribution >= 4 is 21.6 Å². The Morgan fingerprint density at radius 3 is 2.50 bits per heavy atom. The van der Waals surface area contributed by atoms with E-state index in [0.29, 0.717) is 11.8 Å². The van der Waals surface area contributed by atoms with Crippen LogP contribution in [-0.2, 0) is 9.84 Å². The maximum Gasteiger partial charge on any atom is 0.147 e. The predicted octanol–water partition coefficient (Wildman–Crippen LogP) is 2.47. The van der Waals surface area contributed by atoms with Crippen LogP contribution in [0.1, 0.15) is 45.4 Å². The van der Waals surface area contributed by atoms with E-state index in [1.165, 1.54) is 38.4 Å². The zero-order chi connectivity index (χ0) is 13.4. The molecule has 1 unspecified atom stereocenters. The molecule has 108 valence electrons. The summed E-state index contributed by atoms with van der Waals surface area (Å²) in [6.07, 6.45) is 8.88. The molecule has 0 aromatic rings. The van der Waals surface area contributed by atoms with Crippen LogP contribution < -0.4 is 5.32 Å². The Morgan fingerprint density at radius 1 is 1.28 bits per heavy atom. The average Bonchev–Trinajstić information content (AvgIpc) is 2.33. The standard InChI is InChI=1S/C13H27NO2S2/c1-3-14-12(9-10-18(2,15)16)11-17-13-7-5-4-6-8-13/h12-14H,3-11H2,1-2H3. The Balaban J connectivity index is 2.27. The van der Waals surface area contributed by atoms with E-state index in [0.717, 1.165) is 24.0 Å². The second-order valence-electron chi connectivity index (χ2n) is 5.27. The van der Waals surface area contributed by atoms with Crippen LogP contribution in [0, 0.1) is 0 Å². The van der Waals surface area contributed by atoms with Crippen LogP contribution in [0.4, 0.5) is 0 Å². The summed E-state index contributed by atoms with van der Waals surface area (Å²) >= 11 is 2.04. The van der Waals surface area contributed by atoms with Gasteiger partial charge >= 0.3 is 0 Å². The number of hydrogen-bond donors (Lipinski definition) is 1. The number of nitrogens with one attached hydrogen (secondary N) is 1. The molecule has 5 heteroatoms. The third-order valence-electron chi connectivity index (χ3n) is 3.42. The largest absolute Gasteiger partial charge is 0.313 e. The molecule has 1 rings (SSSR count). The minimum absolute atomic E-state index is 0.301. The Kier molecular flexibility index (Phi) is 7.64. The van der Waals surface area contributed by atoms with Crippen molar-refractivity contribution in [3.8, 4) is 0 Å². The van der Waals surface area contributed by atoms with Crippen molar-refractivity contribution < 1.29 is 8.42 Å². The molecular formula is C13H27NO2S2. The fourth-order valence-electron chi connectivity index (χ4n) is 2.37. The van der Waals surface area contributed by atoms with E-state index in [2.05, 4.69) is 12.2 Å². The van der Waals surface area contributed by atoms with Crippen molar-refractivity contribution in [1.29, 1.82) is 0 Å². The number of hydrogen-bond acceptors (Lipinski definition) is 4. The molecule has 0 spiro atoms. The van der Waals surface area contributed by atoms with Crippen molar-refractivity contribution in [3.05, 3.63) is 0 Å². The van der Waals surface area contributed by atoms with E-state index in [4.69, 9.17) is 0 Å². The first kappa shape index (κ1) is 16.3. The molecule has 0 heterocycles. The van der Waals surface area contributed by atoms with E-state index in [9.17, 15) is 8.42 Å². The van der Waals surface area contributed by atoms with E-state index in [1.807, 2.05) is 11.8 Å². The SMILES string of the molecule is CCNC(CCS(C)(=O)=O)CSC1CCCCC1. The minimum Gasteiger partial charge on any atom is -0.313 e. The van der Waals surface area contributed by atoms with Gasteiger partial charge in [-0.2, -0.15) is 11.8 Å². The van der Waals surface area contributed by atoms with Crippen LogP contribution >= 0.6 is 11.8 Å². The second-order valence-corrected chi connectivity index (χ2v) is 8.86. The molecule has 0 aromatic heterocycles. The molecule has 3 nitrogen and oxygen atoms in total. The van der Waals surface area contributed by atoms with Gasteiger partial charge in [0.15, 0.2) is 0 Å². The topological polar surface area (TPSA) is 46.2 Å². The zero-order valence-corrected chi connectivity index (χ0v) is 13.3. The van der Waals surface area contributed by atoms with Crippen LogP contribution in [0.15, 0.2) is 0 Å². The Hall–Kier alpha value is 0.260. The molecule has 0 radical (unpaired) electrons. The predicted molar refractivity (Wildman–Crippen MR) is 81.1 cm³/mol. The molecule has 18 heavy (non-hydrogen) atoms. The van der Waals surface area contributed by atoms with Crippen LogP contribution in [0.25, 0.3) is 0 Å². The third kappa shape index (κ3) is 7.64. The number of sulfone groups is 1. The molecular weight excluding hydrogens is 266 g/mol. The summed E-state index contributed by atoms with van der Waals surface area (Å²) in [6.45, 7) is 3.00. The van der Waals surface area contributed by atoms with Gasteiger partial charge in [0.25, 0.3) is 0 Å². The molecule has 1 aliphatic carbocycles. The van der Waals surface area contributed by atoms with Crippen LogP contribution in [0.3, 0.4) is 0 Å². The third-order valence-corrected chi connectivity index (χ3v) is 5.93. The van der Waals surface area contributed by atoms with E-state index in [1.54, 1.807) is 0 Å². The Labute approximate surface area is 116 Å². The van der Waals surface area contributed by atoms with Gasteiger partial charge in [0.1, 0.15) is 9.84 Å². The summed E-state index contributed by atoms with van der Waals surface area (Å²) in [6, 6.07) is 0.344. The summed E-state index contributed by atoms with van der Waals surface area (Å²) in [5.41, 5.74) is 0. The fraction of sp³-hybridized carbons (Fsp3) is 1.00. The Bertz CT molecular complexity index is 311. The Morgan fingerprint density at radius 2 is 1.94 bits per heavy atom. The lowest BCUT2D eigenvalue weighted by Gasteiger charge is -2.24. The normalized spacial score (nSPS) is 19.9. The maximum absolute atomic E-state index is 11.2. The number of thioether (sulfide) groups is 1. The molecule has 1 fully saturated rings. The highest BCUT2D eigenvalue weighted by atomic mass is 32.2. The van der Waals surface area contributed by atoms with Crippen molar-refractivity contribution in [1.82, 2.24) is 5.32 Å². The van der Waals surface area contributed by atoms with Gasteiger partial charge in [-0.15, -0.1) is 0 Å². The summed E-state index contributed by atoms with van der Waals surface area (Å²) in [5.74, 6) is 1.35. The van der Waals surface area contributed by atoms with E-state index >= 15 is 0 Å². The first-order chi connectivity index (χ1) is 8.51. The van der Waals surface area contributed by atoms with Crippen LogP contribution in [0.5, 0.6) is 0 Å². The monoisotopic (exact) mass is 293 g/mol. The van der Waals surface area contributed by atoms with Crippen molar-refractivity contribution in [2.24, 2.45) is 0 Å². The maximum atomic E-state index is 11.2. The van der Waals surface area contributed by atoms with Crippen LogP contribution in [0.2, 0.25) is 0 Å². The van der Waals surface area contributed by atoms with E-state index < -0.39 is 9.84 Å². The average molecular weight is 293 g/mol. The molecule has 1 aliphatic rings. The minimum atomic E-state index is -2.83.